The lowest BCUT2D eigenvalue weighted by molar-refractivity contribution is -0.117. The molecule has 1 aliphatic rings. The van der Waals surface area contributed by atoms with E-state index in [0.717, 1.165) is 19.6 Å². The topological polar surface area (TPSA) is 68.2 Å². The van der Waals surface area contributed by atoms with Crippen LogP contribution in [0.25, 0.3) is 0 Å². The number of carbonyl (C=O) groups is 1. The SMILES string of the molecule is C[C@@H]1CN(CC(=O)Nc2ccccc2C#N)CCN1. The average Bonchev–Trinajstić information content (AvgIpc) is 2.39. The summed E-state index contributed by atoms with van der Waals surface area (Å²) in [5.41, 5.74) is 1.07. The van der Waals surface area contributed by atoms with Gasteiger partial charge in [-0.2, -0.15) is 5.26 Å². The molecule has 100 valence electrons. The van der Waals surface area contributed by atoms with Gasteiger partial charge in [0.25, 0.3) is 0 Å². The van der Waals surface area contributed by atoms with E-state index in [1.165, 1.54) is 0 Å². The Morgan fingerprint density at radius 3 is 3.11 bits per heavy atom. The van der Waals surface area contributed by atoms with E-state index in [9.17, 15) is 4.79 Å². The summed E-state index contributed by atoms with van der Waals surface area (Å²) in [6.07, 6.45) is 0. The number of hydrogen-bond acceptors (Lipinski definition) is 4. The van der Waals surface area contributed by atoms with Gasteiger partial charge in [0.1, 0.15) is 6.07 Å². The second kappa shape index (κ2) is 6.32. The maximum Gasteiger partial charge on any atom is 0.238 e. The maximum atomic E-state index is 12.0. The monoisotopic (exact) mass is 258 g/mol. The molecule has 0 aromatic heterocycles. The molecule has 1 atom stereocenters. The molecule has 1 saturated heterocycles. The first-order chi connectivity index (χ1) is 9.19. The van der Waals surface area contributed by atoms with Gasteiger partial charge in [0.05, 0.1) is 17.8 Å². The van der Waals surface area contributed by atoms with Crippen LogP contribution in [-0.2, 0) is 4.79 Å². The smallest absolute Gasteiger partial charge is 0.238 e. The van der Waals surface area contributed by atoms with Crippen molar-refractivity contribution in [1.29, 1.82) is 5.26 Å². The standard InChI is InChI=1S/C14H18N4O/c1-11-9-18(7-6-16-11)10-14(19)17-13-5-3-2-4-12(13)8-15/h2-5,11,16H,6-7,9-10H2,1H3,(H,17,19)/t11-/m1/s1. The first-order valence-corrected chi connectivity index (χ1v) is 6.44. The van der Waals surface area contributed by atoms with Crippen LogP contribution in [0.1, 0.15) is 12.5 Å². The van der Waals surface area contributed by atoms with Gasteiger partial charge in [-0.15, -0.1) is 0 Å². The van der Waals surface area contributed by atoms with E-state index < -0.39 is 0 Å². The predicted octanol–water partition coefficient (Wildman–Crippen LogP) is 0.790. The second-order valence-electron chi connectivity index (χ2n) is 4.80. The van der Waals surface area contributed by atoms with Gasteiger partial charge in [-0.25, -0.2) is 0 Å². The molecule has 5 nitrogen and oxygen atoms in total. The van der Waals surface area contributed by atoms with Crippen LogP contribution in [0.4, 0.5) is 5.69 Å². The van der Waals surface area contributed by atoms with Crippen molar-refractivity contribution in [3.05, 3.63) is 29.8 Å². The number of rotatable bonds is 3. The van der Waals surface area contributed by atoms with Crippen LogP contribution in [0.15, 0.2) is 24.3 Å². The minimum Gasteiger partial charge on any atom is -0.324 e. The van der Waals surface area contributed by atoms with Crippen molar-refractivity contribution in [2.45, 2.75) is 13.0 Å². The fourth-order valence-corrected chi connectivity index (χ4v) is 2.24. The van der Waals surface area contributed by atoms with Crippen molar-refractivity contribution in [2.24, 2.45) is 0 Å². The van der Waals surface area contributed by atoms with Gasteiger partial charge in [-0.3, -0.25) is 9.69 Å². The number of benzene rings is 1. The summed E-state index contributed by atoms with van der Waals surface area (Å²) in [4.78, 5) is 14.1. The normalized spacial score (nSPS) is 19.7. The number of piperazine rings is 1. The molecule has 0 aliphatic carbocycles. The number of amides is 1. The van der Waals surface area contributed by atoms with Crippen molar-refractivity contribution in [2.75, 3.05) is 31.5 Å². The molecule has 1 fully saturated rings. The highest BCUT2D eigenvalue weighted by Crippen LogP contribution is 2.13. The third-order valence-corrected chi connectivity index (χ3v) is 3.14. The number of para-hydroxylation sites is 1. The molecule has 2 N–H and O–H groups in total. The van der Waals surface area contributed by atoms with Crippen molar-refractivity contribution >= 4 is 11.6 Å². The molecule has 0 spiro atoms. The van der Waals surface area contributed by atoms with Crippen LogP contribution in [0.2, 0.25) is 0 Å². The number of anilines is 1. The maximum absolute atomic E-state index is 12.0. The Balaban J connectivity index is 1.92. The van der Waals surface area contributed by atoms with Gasteiger partial charge in [0.15, 0.2) is 0 Å². The molecule has 19 heavy (non-hydrogen) atoms. The zero-order valence-electron chi connectivity index (χ0n) is 11.0. The predicted molar refractivity (Wildman–Crippen MR) is 73.7 cm³/mol. The second-order valence-corrected chi connectivity index (χ2v) is 4.80. The highest BCUT2D eigenvalue weighted by atomic mass is 16.2. The Labute approximate surface area is 113 Å². The summed E-state index contributed by atoms with van der Waals surface area (Å²) in [6.45, 7) is 5.12. The first-order valence-electron chi connectivity index (χ1n) is 6.44. The van der Waals surface area contributed by atoms with Crippen molar-refractivity contribution in [1.82, 2.24) is 10.2 Å². The molecule has 5 heteroatoms. The molecule has 0 radical (unpaired) electrons. The van der Waals surface area contributed by atoms with Gasteiger partial charge in [-0.05, 0) is 19.1 Å². The quantitative estimate of drug-likeness (QED) is 0.841. The van der Waals surface area contributed by atoms with E-state index in [4.69, 9.17) is 5.26 Å². The zero-order valence-corrected chi connectivity index (χ0v) is 11.0. The van der Waals surface area contributed by atoms with Crippen LogP contribution >= 0.6 is 0 Å². The minimum atomic E-state index is -0.0724. The van der Waals surface area contributed by atoms with E-state index in [-0.39, 0.29) is 5.91 Å². The van der Waals surface area contributed by atoms with Gasteiger partial charge >= 0.3 is 0 Å². The van der Waals surface area contributed by atoms with Crippen LogP contribution in [0, 0.1) is 11.3 Å². The van der Waals surface area contributed by atoms with Gasteiger partial charge < -0.3 is 10.6 Å². The highest BCUT2D eigenvalue weighted by Gasteiger charge is 2.18. The van der Waals surface area contributed by atoms with E-state index in [1.54, 1.807) is 18.2 Å². The number of nitrogens with zero attached hydrogens (tertiary/aromatic N) is 2. The van der Waals surface area contributed by atoms with Crippen LogP contribution in [0.5, 0.6) is 0 Å². The molecule has 0 unspecified atom stereocenters. The summed E-state index contributed by atoms with van der Waals surface area (Å²) in [6, 6.07) is 9.52. The van der Waals surface area contributed by atoms with Gasteiger partial charge in [-0.1, -0.05) is 12.1 Å². The molecular formula is C14H18N4O. The first kappa shape index (κ1) is 13.5. The third kappa shape index (κ3) is 3.78. The Bertz CT molecular complexity index is 494. The molecule has 1 aromatic rings. The molecule has 2 rings (SSSR count). The number of nitrogens with one attached hydrogen (secondary N) is 2. The van der Waals surface area contributed by atoms with Crippen LogP contribution in [-0.4, -0.2) is 43.0 Å². The molecule has 0 bridgehead atoms. The van der Waals surface area contributed by atoms with Crippen molar-refractivity contribution in [3.63, 3.8) is 0 Å². The molecule has 0 saturated carbocycles. The van der Waals surface area contributed by atoms with Gasteiger partial charge in [0, 0.05) is 25.7 Å². The Kier molecular flexibility index (Phi) is 4.50. The molecule has 1 amide bonds. The number of carbonyl (C=O) groups excluding carboxylic acids is 1. The highest BCUT2D eigenvalue weighted by molar-refractivity contribution is 5.93. The molecule has 1 aliphatic heterocycles. The summed E-state index contributed by atoms with van der Waals surface area (Å²) in [5.74, 6) is -0.0724. The minimum absolute atomic E-state index is 0.0724. The lowest BCUT2D eigenvalue weighted by Crippen LogP contribution is -2.51. The Morgan fingerprint density at radius 1 is 1.58 bits per heavy atom. The van der Waals surface area contributed by atoms with Crippen molar-refractivity contribution in [3.8, 4) is 6.07 Å². The van der Waals surface area contributed by atoms with Crippen molar-refractivity contribution < 1.29 is 4.79 Å². The summed E-state index contributed by atoms with van der Waals surface area (Å²) in [7, 11) is 0. The van der Waals surface area contributed by atoms with E-state index in [0.29, 0.717) is 23.8 Å². The molecule has 1 aromatic carbocycles. The van der Waals surface area contributed by atoms with E-state index >= 15 is 0 Å². The fraction of sp³-hybridized carbons (Fsp3) is 0.429. The summed E-state index contributed by atoms with van der Waals surface area (Å²) in [5, 5.41) is 15.1. The lowest BCUT2D eigenvalue weighted by Gasteiger charge is -2.31. The Hall–Kier alpha value is -1.90. The van der Waals surface area contributed by atoms with Crippen LogP contribution in [0.3, 0.4) is 0 Å². The molecule has 1 heterocycles. The zero-order chi connectivity index (χ0) is 13.7. The van der Waals surface area contributed by atoms with E-state index in [2.05, 4.69) is 28.5 Å². The van der Waals surface area contributed by atoms with Crippen LogP contribution < -0.4 is 10.6 Å². The Morgan fingerprint density at radius 2 is 2.37 bits per heavy atom. The fourth-order valence-electron chi connectivity index (χ4n) is 2.24. The lowest BCUT2D eigenvalue weighted by atomic mass is 10.2. The molecular weight excluding hydrogens is 240 g/mol. The summed E-state index contributed by atoms with van der Waals surface area (Å²) < 4.78 is 0. The van der Waals surface area contributed by atoms with E-state index in [1.807, 2.05) is 6.07 Å². The number of nitriles is 1. The largest absolute Gasteiger partial charge is 0.324 e. The van der Waals surface area contributed by atoms with Gasteiger partial charge in [0.2, 0.25) is 5.91 Å². The average molecular weight is 258 g/mol. The third-order valence-electron chi connectivity index (χ3n) is 3.14. The number of hydrogen-bond donors (Lipinski definition) is 2. The summed E-state index contributed by atoms with van der Waals surface area (Å²) >= 11 is 0.